The molecule has 3 nitrogen and oxygen atoms in total. The third-order valence-electron chi connectivity index (χ3n) is 2.35. The Kier molecular flexibility index (Phi) is 4.90. The minimum atomic E-state index is 0.170. The van der Waals surface area contributed by atoms with E-state index in [9.17, 15) is 4.79 Å². The fraction of sp³-hybridized carbons (Fsp3) is 0.600. The van der Waals surface area contributed by atoms with Crippen molar-refractivity contribution in [3.63, 3.8) is 0 Å². The number of aliphatic imine (C=N–C) groups is 1. The van der Waals surface area contributed by atoms with Gasteiger partial charge in [0.05, 0.1) is 11.8 Å². The van der Waals surface area contributed by atoms with Crippen LogP contribution in [0, 0.1) is 0 Å². The molecule has 78 valence electrons. The molecule has 0 bridgehead atoms. The summed E-state index contributed by atoms with van der Waals surface area (Å²) in [6.07, 6.45) is 5.16. The van der Waals surface area contributed by atoms with Crippen molar-refractivity contribution in [2.75, 3.05) is 5.75 Å². The van der Waals surface area contributed by atoms with Gasteiger partial charge in [-0.25, -0.2) is 0 Å². The zero-order valence-electron chi connectivity index (χ0n) is 8.40. The lowest BCUT2D eigenvalue weighted by Gasteiger charge is -2.15. The van der Waals surface area contributed by atoms with E-state index in [4.69, 9.17) is 0 Å². The quantitative estimate of drug-likeness (QED) is 0.239. The first-order valence-electron chi connectivity index (χ1n) is 4.78. The van der Waals surface area contributed by atoms with Crippen LogP contribution in [0.5, 0.6) is 0 Å². The molecule has 0 spiro atoms. The Balaban J connectivity index is 2.39. The average molecular weight is 212 g/mol. The van der Waals surface area contributed by atoms with Gasteiger partial charge >= 0.3 is 0 Å². The number of carbonyl (C=O) groups excluding carboxylic acids is 1. The molecule has 0 saturated carbocycles. The number of hydrogen-bond acceptors (Lipinski definition) is 4. The molecule has 2 atom stereocenters. The predicted molar refractivity (Wildman–Crippen MR) is 61.8 cm³/mol. The van der Waals surface area contributed by atoms with Gasteiger partial charge in [0.1, 0.15) is 6.29 Å². The lowest BCUT2D eigenvalue weighted by Crippen LogP contribution is -2.30. The summed E-state index contributed by atoms with van der Waals surface area (Å²) in [6.45, 7) is 5.72. The topological polar surface area (TPSA) is 41.5 Å². The highest BCUT2D eigenvalue weighted by Gasteiger charge is 2.25. The van der Waals surface area contributed by atoms with Gasteiger partial charge in [0.15, 0.2) is 0 Å². The first kappa shape index (κ1) is 11.5. The normalized spacial score (nSPS) is 25.9. The Bertz CT molecular complexity index is 240. The van der Waals surface area contributed by atoms with Crippen LogP contribution < -0.4 is 4.72 Å². The third-order valence-corrected chi connectivity index (χ3v) is 3.12. The van der Waals surface area contributed by atoms with E-state index in [-0.39, 0.29) is 6.04 Å². The van der Waals surface area contributed by atoms with Gasteiger partial charge in [-0.15, -0.1) is 0 Å². The molecule has 0 aromatic heterocycles. The standard InChI is InChI=1S/C10H16N2OS/c1-3-8-6-9(11-2)10(7-8)12-14-5-4-13/h4,6,9-10,12H,2-3,5,7H2,1H3. The van der Waals surface area contributed by atoms with Crippen LogP contribution in [0.1, 0.15) is 19.8 Å². The van der Waals surface area contributed by atoms with Crippen LogP contribution in [-0.2, 0) is 4.79 Å². The minimum absolute atomic E-state index is 0.170. The van der Waals surface area contributed by atoms with E-state index in [0.717, 1.165) is 19.1 Å². The first-order chi connectivity index (χ1) is 6.81. The summed E-state index contributed by atoms with van der Waals surface area (Å²) in [5, 5.41) is 0. The monoisotopic (exact) mass is 212 g/mol. The van der Waals surface area contributed by atoms with Gasteiger partial charge in [0.25, 0.3) is 0 Å². The summed E-state index contributed by atoms with van der Waals surface area (Å²) in [7, 11) is 0. The van der Waals surface area contributed by atoms with Crippen molar-refractivity contribution < 1.29 is 4.79 Å². The molecule has 0 aromatic carbocycles. The maximum absolute atomic E-state index is 10.1. The summed E-state index contributed by atoms with van der Waals surface area (Å²) in [5.74, 6) is 0.488. The van der Waals surface area contributed by atoms with Crippen molar-refractivity contribution in [1.29, 1.82) is 0 Å². The van der Waals surface area contributed by atoms with E-state index in [2.05, 4.69) is 29.4 Å². The highest BCUT2D eigenvalue weighted by molar-refractivity contribution is 7.98. The van der Waals surface area contributed by atoms with Crippen LogP contribution in [0.25, 0.3) is 0 Å². The van der Waals surface area contributed by atoms with Crippen molar-refractivity contribution in [1.82, 2.24) is 4.72 Å². The molecule has 0 saturated heterocycles. The second-order valence-electron chi connectivity index (χ2n) is 3.26. The predicted octanol–water partition coefficient (Wildman–Crippen LogP) is 1.60. The van der Waals surface area contributed by atoms with E-state index >= 15 is 0 Å². The van der Waals surface area contributed by atoms with Gasteiger partial charge in [-0.1, -0.05) is 30.5 Å². The maximum Gasteiger partial charge on any atom is 0.131 e. The summed E-state index contributed by atoms with van der Waals surface area (Å²) in [6, 6.07) is 0.483. The van der Waals surface area contributed by atoms with Gasteiger partial charge in [0, 0.05) is 6.04 Å². The maximum atomic E-state index is 10.1. The molecular weight excluding hydrogens is 196 g/mol. The summed E-state index contributed by atoms with van der Waals surface area (Å²) in [4.78, 5) is 14.2. The Morgan fingerprint density at radius 2 is 2.64 bits per heavy atom. The molecule has 0 radical (unpaired) electrons. The molecular formula is C10H16N2OS. The Hall–Kier alpha value is -0.610. The molecule has 0 amide bonds. The zero-order valence-corrected chi connectivity index (χ0v) is 9.22. The molecule has 0 fully saturated rings. The second-order valence-corrected chi connectivity index (χ2v) is 4.12. The van der Waals surface area contributed by atoms with Crippen LogP contribution in [0.4, 0.5) is 0 Å². The number of hydrogen-bond donors (Lipinski definition) is 1. The van der Waals surface area contributed by atoms with Crippen LogP contribution >= 0.6 is 11.9 Å². The van der Waals surface area contributed by atoms with E-state index in [1.54, 1.807) is 0 Å². The average Bonchev–Trinajstić information content (AvgIpc) is 2.61. The smallest absolute Gasteiger partial charge is 0.131 e. The molecule has 4 heteroatoms. The molecule has 1 N–H and O–H groups in total. The third kappa shape index (κ3) is 2.96. The van der Waals surface area contributed by atoms with Crippen molar-refractivity contribution >= 4 is 25.0 Å². The largest absolute Gasteiger partial charge is 0.302 e. The van der Waals surface area contributed by atoms with Gasteiger partial charge in [0.2, 0.25) is 0 Å². The summed E-state index contributed by atoms with van der Waals surface area (Å²) >= 11 is 1.44. The number of aldehydes is 1. The van der Waals surface area contributed by atoms with E-state index in [1.807, 2.05) is 0 Å². The van der Waals surface area contributed by atoms with E-state index < -0.39 is 0 Å². The van der Waals surface area contributed by atoms with Crippen LogP contribution in [-0.4, -0.2) is 30.8 Å². The highest BCUT2D eigenvalue weighted by atomic mass is 32.2. The Labute approximate surface area is 89.2 Å². The van der Waals surface area contributed by atoms with Crippen molar-refractivity contribution in [2.24, 2.45) is 4.99 Å². The molecule has 1 aliphatic rings. The summed E-state index contributed by atoms with van der Waals surface area (Å²) in [5.41, 5.74) is 1.42. The van der Waals surface area contributed by atoms with Gasteiger partial charge in [-0.05, 0) is 19.6 Å². The van der Waals surface area contributed by atoms with E-state index in [1.165, 1.54) is 17.5 Å². The van der Waals surface area contributed by atoms with Crippen molar-refractivity contribution in [3.8, 4) is 0 Å². The fourth-order valence-electron chi connectivity index (χ4n) is 1.57. The van der Waals surface area contributed by atoms with Crippen LogP contribution in [0.15, 0.2) is 16.6 Å². The first-order valence-corrected chi connectivity index (χ1v) is 5.76. The lowest BCUT2D eigenvalue weighted by atomic mass is 10.1. The molecule has 0 aromatic rings. The van der Waals surface area contributed by atoms with Crippen LogP contribution in [0.2, 0.25) is 0 Å². The molecule has 2 unspecified atom stereocenters. The molecule has 14 heavy (non-hydrogen) atoms. The summed E-state index contributed by atoms with van der Waals surface area (Å²) < 4.78 is 3.25. The number of carbonyl (C=O) groups is 1. The van der Waals surface area contributed by atoms with Gasteiger partial charge in [-0.3, -0.25) is 9.71 Å². The number of nitrogens with one attached hydrogen (secondary N) is 1. The Morgan fingerprint density at radius 1 is 1.86 bits per heavy atom. The molecule has 0 aliphatic heterocycles. The fourth-order valence-corrected chi connectivity index (χ4v) is 2.17. The second kappa shape index (κ2) is 5.98. The minimum Gasteiger partial charge on any atom is -0.302 e. The number of nitrogens with zero attached hydrogens (tertiary/aromatic N) is 1. The molecule has 1 aliphatic carbocycles. The molecule has 0 heterocycles. The van der Waals surface area contributed by atoms with Crippen molar-refractivity contribution in [3.05, 3.63) is 11.6 Å². The van der Waals surface area contributed by atoms with Gasteiger partial charge in [-0.2, -0.15) is 0 Å². The number of rotatable bonds is 6. The zero-order chi connectivity index (χ0) is 10.4. The Morgan fingerprint density at radius 3 is 3.21 bits per heavy atom. The van der Waals surface area contributed by atoms with Gasteiger partial charge < -0.3 is 4.79 Å². The lowest BCUT2D eigenvalue weighted by molar-refractivity contribution is -0.105. The van der Waals surface area contributed by atoms with Crippen LogP contribution in [0.3, 0.4) is 0 Å². The SMILES string of the molecule is C=NC1C=C(CC)CC1NSCC=O. The highest BCUT2D eigenvalue weighted by Crippen LogP contribution is 2.24. The van der Waals surface area contributed by atoms with Crippen molar-refractivity contribution in [2.45, 2.75) is 31.8 Å². The van der Waals surface area contributed by atoms with E-state index in [0.29, 0.717) is 11.8 Å². The molecule has 1 rings (SSSR count).